The predicted octanol–water partition coefficient (Wildman–Crippen LogP) is 5.13. The van der Waals surface area contributed by atoms with E-state index in [1.165, 1.54) is 29.2 Å². The minimum Gasteiger partial charge on any atom is -0.383 e. The van der Waals surface area contributed by atoms with E-state index < -0.39 is 23.7 Å². The van der Waals surface area contributed by atoms with E-state index in [4.69, 9.17) is 4.74 Å². The molecular formula is C36H41F3N4O4. The van der Waals surface area contributed by atoms with Crippen molar-refractivity contribution in [3.63, 3.8) is 0 Å². The molecule has 1 aliphatic rings. The van der Waals surface area contributed by atoms with Crippen LogP contribution in [0.2, 0.25) is 0 Å². The van der Waals surface area contributed by atoms with Gasteiger partial charge in [-0.05, 0) is 47.0 Å². The molecule has 4 rings (SSSR count). The zero-order chi connectivity index (χ0) is 34.0. The highest BCUT2D eigenvalue weighted by Gasteiger charge is 2.32. The van der Waals surface area contributed by atoms with Gasteiger partial charge in [0.05, 0.1) is 12.2 Å². The zero-order valence-electron chi connectivity index (χ0n) is 27.0. The Bertz CT molecular complexity index is 1500. The molecule has 250 valence electrons. The first kappa shape index (κ1) is 35.2. The maximum Gasteiger partial charge on any atom is 0.416 e. The lowest BCUT2D eigenvalue weighted by molar-refractivity contribution is -0.143. The number of alkyl halides is 3. The largest absolute Gasteiger partial charge is 0.416 e. The van der Waals surface area contributed by atoms with Crippen LogP contribution in [0.5, 0.6) is 0 Å². The molecule has 1 saturated heterocycles. The van der Waals surface area contributed by atoms with Crippen molar-refractivity contribution in [2.45, 2.75) is 32.1 Å². The number of hydrogen-bond acceptors (Lipinski definition) is 5. The molecule has 8 nitrogen and oxygen atoms in total. The van der Waals surface area contributed by atoms with Gasteiger partial charge in [-0.15, -0.1) is 0 Å². The van der Waals surface area contributed by atoms with E-state index in [1.807, 2.05) is 59.5 Å². The van der Waals surface area contributed by atoms with Gasteiger partial charge in [-0.2, -0.15) is 13.2 Å². The SMILES string of the molecule is COCCN(C)C(=O)[C@H](Cc1ccccc1)N(Cc1ccc(N2CCN(C(C)=O)CC2)cc1)C(=O)C=Cc1ccc(C(F)(F)F)cc1. The molecule has 0 bridgehead atoms. The van der Waals surface area contributed by atoms with E-state index >= 15 is 0 Å². The quantitative estimate of drug-likeness (QED) is 0.254. The van der Waals surface area contributed by atoms with Gasteiger partial charge in [-0.3, -0.25) is 14.4 Å². The van der Waals surface area contributed by atoms with Crippen LogP contribution in [-0.4, -0.2) is 92.0 Å². The number of carbonyl (C=O) groups is 3. The number of carbonyl (C=O) groups excluding carboxylic acids is 3. The van der Waals surface area contributed by atoms with E-state index in [0.29, 0.717) is 44.9 Å². The number of likely N-dealkylation sites (N-methyl/N-ethyl adjacent to an activating group) is 1. The summed E-state index contributed by atoms with van der Waals surface area (Å²) in [5.74, 6) is -0.657. The fourth-order valence-corrected chi connectivity index (χ4v) is 5.44. The Morgan fingerprint density at radius 2 is 1.53 bits per heavy atom. The molecule has 0 unspecified atom stereocenters. The van der Waals surface area contributed by atoms with Gasteiger partial charge in [0, 0.05) is 78.5 Å². The minimum atomic E-state index is -4.47. The highest BCUT2D eigenvalue weighted by Crippen LogP contribution is 2.29. The van der Waals surface area contributed by atoms with E-state index in [1.54, 1.807) is 26.0 Å². The number of piperazine rings is 1. The third-order valence-corrected chi connectivity index (χ3v) is 8.26. The van der Waals surface area contributed by atoms with E-state index in [-0.39, 0.29) is 24.8 Å². The molecule has 0 radical (unpaired) electrons. The highest BCUT2D eigenvalue weighted by molar-refractivity contribution is 5.95. The van der Waals surface area contributed by atoms with Gasteiger partial charge in [0.15, 0.2) is 0 Å². The number of rotatable bonds is 12. The maximum absolute atomic E-state index is 13.9. The molecule has 1 atom stereocenters. The first-order valence-corrected chi connectivity index (χ1v) is 15.5. The molecule has 0 spiro atoms. The van der Waals surface area contributed by atoms with Gasteiger partial charge in [0.2, 0.25) is 17.7 Å². The molecule has 1 aliphatic heterocycles. The molecule has 0 N–H and O–H groups in total. The maximum atomic E-state index is 13.9. The third kappa shape index (κ3) is 9.92. The molecule has 1 fully saturated rings. The second-order valence-electron chi connectivity index (χ2n) is 11.5. The van der Waals surface area contributed by atoms with Crippen molar-refractivity contribution in [1.29, 1.82) is 0 Å². The van der Waals surface area contributed by atoms with Crippen molar-refractivity contribution in [2.24, 2.45) is 0 Å². The fraction of sp³-hybridized carbons (Fsp3) is 0.361. The van der Waals surface area contributed by atoms with Crippen LogP contribution in [0.25, 0.3) is 6.08 Å². The van der Waals surface area contributed by atoms with Crippen molar-refractivity contribution in [3.8, 4) is 0 Å². The minimum absolute atomic E-state index is 0.0598. The summed E-state index contributed by atoms with van der Waals surface area (Å²) in [6.45, 7) is 5.05. The van der Waals surface area contributed by atoms with Crippen LogP contribution in [0.3, 0.4) is 0 Å². The number of benzene rings is 3. The summed E-state index contributed by atoms with van der Waals surface area (Å²) in [6.07, 6.45) is -1.45. The Labute approximate surface area is 274 Å². The standard InChI is InChI=1S/C36H41F3N4O4/c1-27(44)41-19-21-42(22-20-41)32-16-11-30(12-17-32)26-43(34(45)18-13-28-9-14-31(15-10-28)36(37,38)39)33(25-29-7-5-4-6-8-29)35(46)40(2)23-24-47-3/h4-18,33H,19-26H2,1-3H3/t33-/m0/s1. The molecule has 0 saturated carbocycles. The summed E-state index contributed by atoms with van der Waals surface area (Å²) in [4.78, 5) is 46.7. The second-order valence-corrected chi connectivity index (χ2v) is 11.5. The van der Waals surface area contributed by atoms with Crippen LogP contribution in [0, 0.1) is 0 Å². The summed E-state index contributed by atoms with van der Waals surface area (Å²) in [5, 5.41) is 0. The number of anilines is 1. The number of amides is 3. The Kier molecular flexibility index (Phi) is 12.2. The topological polar surface area (TPSA) is 73.4 Å². The monoisotopic (exact) mass is 650 g/mol. The molecule has 3 aromatic carbocycles. The molecule has 3 aromatic rings. The molecule has 1 heterocycles. The van der Waals surface area contributed by atoms with E-state index in [0.717, 1.165) is 28.9 Å². The zero-order valence-corrected chi connectivity index (χ0v) is 27.0. The molecule has 11 heteroatoms. The second kappa shape index (κ2) is 16.3. The van der Waals surface area contributed by atoms with Crippen molar-refractivity contribution in [2.75, 3.05) is 58.4 Å². The predicted molar refractivity (Wildman–Crippen MR) is 175 cm³/mol. The average Bonchev–Trinajstić information content (AvgIpc) is 3.08. The first-order valence-electron chi connectivity index (χ1n) is 15.5. The summed E-state index contributed by atoms with van der Waals surface area (Å²) in [7, 11) is 3.22. The highest BCUT2D eigenvalue weighted by atomic mass is 19.4. The molecule has 0 aromatic heterocycles. The number of ether oxygens (including phenoxy) is 1. The molecule has 0 aliphatic carbocycles. The Balaban J connectivity index is 1.63. The first-order chi connectivity index (χ1) is 22.5. The summed E-state index contributed by atoms with van der Waals surface area (Å²) >= 11 is 0. The van der Waals surface area contributed by atoms with Crippen molar-refractivity contribution < 1.29 is 32.3 Å². The van der Waals surface area contributed by atoms with Crippen LogP contribution in [0.15, 0.2) is 84.9 Å². The fourth-order valence-electron chi connectivity index (χ4n) is 5.44. The molecule has 47 heavy (non-hydrogen) atoms. The number of methoxy groups -OCH3 is 1. The van der Waals surface area contributed by atoms with Crippen LogP contribution in [-0.2, 0) is 38.3 Å². The van der Waals surface area contributed by atoms with E-state index in [9.17, 15) is 27.6 Å². The van der Waals surface area contributed by atoms with Crippen molar-refractivity contribution >= 4 is 29.5 Å². The Hall–Kier alpha value is -4.64. The van der Waals surface area contributed by atoms with Crippen LogP contribution in [0.1, 0.15) is 29.2 Å². The van der Waals surface area contributed by atoms with Gasteiger partial charge >= 0.3 is 6.18 Å². The summed E-state index contributed by atoms with van der Waals surface area (Å²) in [5.41, 5.74) is 2.31. The number of halogens is 3. The van der Waals surface area contributed by atoms with Gasteiger partial charge < -0.3 is 24.3 Å². The lowest BCUT2D eigenvalue weighted by atomic mass is 10.0. The van der Waals surface area contributed by atoms with Gasteiger partial charge in [-0.25, -0.2) is 0 Å². The lowest BCUT2D eigenvalue weighted by Crippen LogP contribution is -2.51. The molecule has 3 amide bonds. The van der Waals surface area contributed by atoms with Crippen LogP contribution in [0.4, 0.5) is 18.9 Å². The van der Waals surface area contributed by atoms with Gasteiger partial charge in [-0.1, -0.05) is 54.6 Å². The Morgan fingerprint density at radius 3 is 2.11 bits per heavy atom. The van der Waals surface area contributed by atoms with Gasteiger partial charge in [0.1, 0.15) is 6.04 Å². The molecular weight excluding hydrogens is 609 g/mol. The summed E-state index contributed by atoms with van der Waals surface area (Å²) < 4.78 is 44.4. The normalized spacial score (nSPS) is 14.3. The summed E-state index contributed by atoms with van der Waals surface area (Å²) in [6, 6.07) is 20.9. The number of hydrogen-bond donors (Lipinski definition) is 0. The van der Waals surface area contributed by atoms with Crippen molar-refractivity contribution in [3.05, 3.63) is 107 Å². The lowest BCUT2D eigenvalue weighted by Gasteiger charge is -2.36. The van der Waals surface area contributed by atoms with Crippen LogP contribution >= 0.6 is 0 Å². The van der Waals surface area contributed by atoms with Crippen LogP contribution < -0.4 is 4.90 Å². The Morgan fingerprint density at radius 1 is 0.894 bits per heavy atom. The smallest absolute Gasteiger partial charge is 0.383 e. The third-order valence-electron chi connectivity index (χ3n) is 8.26. The number of nitrogens with zero attached hydrogens (tertiary/aromatic N) is 4. The average molecular weight is 651 g/mol. The van der Waals surface area contributed by atoms with Crippen molar-refractivity contribution in [1.82, 2.24) is 14.7 Å². The van der Waals surface area contributed by atoms with Gasteiger partial charge in [0.25, 0.3) is 0 Å². The van der Waals surface area contributed by atoms with E-state index in [2.05, 4.69) is 4.90 Å².